The van der Waals surface area contributed by atoms with Crippen LogP contribution in [-0.2, 0) is 9.59 Å². The first kappa shape index (κ1) is 14.0. The highest BCUT2D eigenvalue weighted by Gasteiger charge is 2.38. The van der Waals surface area contributed by atoms with E-state index in [-0.39, 0.29) is 17.9 Å². The summed E-state index contributed by atoms with van der Waals surface area (Å²) in [6.07, 6.45) is 5.57. The SMILES string of the molecule is O=C1CCCC(=O)N1C[C@H]1CCCN2C[C@@H](O)CC[C@H]12. The van der Waals surface area contributed by atoms with Gasteiger partial charge in [0, 0.05) is 32.0 Å². The van der Waals surface area contributed by atoms with Crippen LogP contribution in [0.15, 0.2) is 0 Å². The Morgan fingerprint density at radius 2 is 1.80 bits per heavy atom. The third kappa shape index (κ3) is 2.74. The van der Waals surface area contributed by atoms with Gasteiger partial charge < -0.3 is 5.11 Å². The maximum absolute atomic E-state index is 11.9. The first-order valence-electron chi connectivity index (χ1n) is 7.90. The molecule has 0 aromatic rings. The molecule has 3 saturated heterocycles. The number of aliphatic hydroxyl groups is 1. The molecule has 5 heteroatoms. The number of fused-ring (bicyclic) bond motifs is 1. The summed E-state index contributed by atoms with van der Waals surface area (Å²) in [4.78, 5) is 27.7. The predicted molar refractivity (Wildman–Crippen MR) is 73.9 cm³/mol. The average Bonchev–Trinajstić information content (AvgIpc) is 2.42. The highest BCUT2D eigenvalue weighted by atomic mass is 16.3. The van der Waals surface area contributed by atoms with E-state index in [4.69, 9.17) is 0 Å². The smallest absolute Gasteiger partial charge is 0.229 e. The normalized spacial score (nSPS) is 36.0. The van der Waals surface area contributed by atoms with Crippen molar-refractivity contribution in [3.8, 4) is 0 Å². The zero-order chi connectivity index (χ0) is 14.1. The van der Waals surface area contributed by atoms with Crippen LogP contribution >= 0.6 is 0 Å². The summed E-state index contributed by atoms with van der Waals surface area (Å²) in [6, 6.07) is 0.440. The minimum atomic E-state index is -0.205. The van der Waals surface area contributed by atoms with E-state index >= 15 is 0 Å². The van der Waals surface area contributed by atoms with E-state index in [1.54, 1.807) is 0 Å². The van der Waals surface area contributed by atoms with E-state index in [1.165, 1.54) is 4.90 Å². The van der Waals surface area contributed by atoms with Crippen LogP contribution in [-0.4, -0.2) is 58.5 Å². The van der Waals surface area contributed by atoms with E-state index in [2.05, 4.69) is 4.90 Å². The molecule has 3 aliphatic rings. The number of likely N-dealkylation sites (tertiary alicyclic amines) is 1. The fourth-order valence-corrected chi connectivity index (χ4v) is 4.03. The Bertz CT molecular complexity index is 383. The summed E-state index contributed by atoms with van der Waals surface area (Å²) in [5.41, 5.74) is 0. The molecular formula is C15H24N2O3. The lowest BCUT2D eigenvalue weighted by Gasteiger charge is -2.46. The number of aliphatic hydroxyl groups excluding tert-OH is 1. The molecule has 1 N–H and O–H groups in total. The molecule has 20 heavy (non-hydrogen) atoms. The summed E-state index contributed by atoms with van der Waals surface area (Å²) in [6.45, 7) is 2.39. The lowest BCUT2D eigenvalue weighted by molar-refractivity contribution is -0.149. The van der Waals surface area contributed by atoms with Crippen molar-refractivity contribution in [2.45, 2.75) is 57.1 Å². The highest BCUT2D eigenvalue weighted by Crippen LogP contribution is 2.32. The Morgan fingerprint density at radius 3 is 2.55 bits per heavy atom. The molecule has 2 amide bonds. The van der Waals surface area contributed by atoms with Crippen molar-refractivity contribution < 1.29 is 14.7 Å². The largest absolute Gasteiger partial charge is 0.392 e. The molecule has 3 heterocycles. The van der Waals surface area contributed by atoms with Gasteiger partial charge in [0.25, 0.3) is 0 Å². The van der Waals surface area contributed by atoms with E-state index in [0.29, 0.717) is 37.8 Å². The molecule has 3 atom stereocenters. The van der Waals surface area contributed by atoms with Gasteiger partial charge in [0.05, 0.1) is 6.10 Å². The van der Waals surface area contributed by atoms with Crippen molar-refractivity contribution in [2.24, 2.45) is 5.92 Å². The van der Waals surface area contributed by atoms with Gasteiger partial charge >= 0.3 is 0 Å². The zero-order valence-corrected chi connectivity index (χ0v) is 12.0. The van der Waals surface area contributed by atoms with E-state index < -0.39 is 0 Å². The molecule has 3 rings (SSSR count). The van der Waals surface area contributed by atoms with Gasteiger partial charge in [-0.3, -0.25) is 19.4 Å². The first-order chi connectivity index (χ1) is 9.65. The highest BCUT2D eigenvalue weighted by molar-refractivity contribution is 5.97. The van der Waals surface area contributed by atoms with Crippen LogP contribution in [0.3, 0.4) is 0 Å². The molecule has 0 spiro atoms. The van der Waals surface area contributed by atoms with Gasteiger partial charge in [-0.1, -0.05) is 0 Å². The molecule has 0 radical (unpaired) electrons. The summed E-state index contributed by atoms with van der Waals surface area (Å²) >= 11 is 0. The molecule has 0 unspecified atom stereocenters. The second-order valence-corrected chi connectivity index (χ2v) is 6.45. The van der Waals surface area contributed by atoms with Gasteiger partial charge in [-0.2, -0.15) is 0 Å². The van der Waals surface area contributed by atoms with E-state index in [9.17, 15) is 14.7 Å². The molecule has 0 saturated carbocycles. The third-order valence-corrected chi connectivity index (χ3v) is 5.07. The van der Waals surface area contributed by atoms with Gasteiger partial charge in [0.2, 0.25) is 11.8 Å². The summed E-state index contributed by atoms with van der Waals surface area (Å²) in [5, 5.41) is 9.78. The summed E-state index contributed by atoms with van der Waals surface area (Å²) in [7, 11) is 0. The monoisotopic (exact) mass is 280 g/mol. The minimum absolute atomic E-state index is 0.00853. The quantitative estimate of drug-likeness (QED) is 0.759. The number of hydrogen-bond acceptors (Lipinski definition) is 4. The second-order valence-electron chi connectivity index (χ2n) is 6.45. The van der Waals surface area contributed by atoms with Crippen molar-refractivity contribution in [3.63, 3.8) is 0 Å². The lowest BCUT2D eigenvalue weighted by atomic mass is 9.82. The molecule has 3 aliphatic heterocycles. The number of rotatable bonds is 2. The minimum Gasteiger partial charge on any atom is -0.392 e. The molecule has 5 nitrogen and oxygen atoms in total. The second kappa shape index (κ2) is 5.82. The third-order valence-electron chi connectivity index (χ3n) is 5.07. The number of carbonyl (C=O) groups excluding carboxylic acids is 2. The molecular weight excluding hydrogens is 256 g/mol. The van der Waals surface area contributed by atoms with Crippen molar-refractivity contribution in [1.29, 1.82) is 0 Å². The fraction of sp³-hybridized carbons (Fsp3) is 0.867. The molecule has 0 aromatic heterocycles. The van der Waals surface area contributed by atoms with E-state index in [1.807, 2.05) is 0 Å². The Kier molecular flexibility index (Phi) is 4.08. The van der Waals surface area contributed by atoms with Gasteiger partial charge in [-0.25, -0.2) is 0 Å². The van der Waals surface area contributed by atoms with Crippen molar-refractivity contribution >= 4 is 11.8 Å². The lowest BCUT2D eigenvalue weighted by Crippen LogP contribution is -2.55. The van der Waals surface area contributed by atoms with Crippen LogP contribution in [0.2, 0.25) is 0 Å². The maximum Gasteiger partial charge on any atom is 0.229 e. The van der Waals surface area contributed by atoms with Gasteiger partial charge in [0.1, 0.15) is 0 Å². The van der Waals surface area contributed by atoms with Gasteiger partial charge in [0.15, 0.2) is 0 Å². The van der Waals surface area contributed by atoms with Crippen LogP contribution in [0.25, 0.3) is 0 Å². The van der Waals surface area contributed by atoms with Crippen molar-refractivity contribution in [3.05, 3.63) is 0 Å². The number of carbonyl (C=O) groups is 2. The van der Waals surface area contributed by atoms with Crippen molar-refractivity contribution in [1.82, 2.24) is 9.80 Å². The predicted octanol–water partition coefficient (Wildman–Crippen LogP) is 0.761. The topological polar surface area (TPSA) is 60.9 Å². The van der Waals surface area contributed by atoms with Gasteiger partial charge in [-0.15, -0.1) is 0 Å². The van der Waals surface area contributed by atoms with Crippen LogP contribution in [0.1, 0.15) is 44.9 Å². The number of imide groups is 1. The standard InChI is InChI=1S/C15H24N2O3/c18-12-6-7-13-11(3-2-8-16(13)10-12)9-17-14(19)4-1-5-15(17)20/h11-13,18H,1-10H2/t11-,12+,13-/m1/s1. The van der Waals surface area contributed by atoms with Crippen molar-refractivity contribution in [2.75, 3.05) is 19.6 Å². The Morgan fingerprint density at radius 1 is 1.05 bits per heavy atom. The zero-order valence-electron chi connectivity index (χ0n) is 12.0. The fourth-order valence-electron chi connectivity index (χ4n) is 4.03. The van der Waals surface area contributed by atoms with Crippen LogP contribution in [0, 0.1) is 5.92 Å². The number of amides is 2. The number of piperidine rings is 3. The average molecular weight is 280 g/mol. The first-order valence-corrected chi connectivity index (χ1v) is 7.90. The molecule has 112 valence electrons. The van der Waals surface area contributed by atoms with Crippen LogP contribution in [0.4, 0.5) is 0 Å². The summed E-state index contributed by atoms with van der Waals surface area (Å²) < 4.78 is 0. The Labute approximate surface area is 119 Å². The number of nitrogens with zero attached hydrogens (tertiary/aromatic N) is 2. The van der Waals surface area contributed by atoms with E-state index in [0.717, 1.165) is 38.8 Å². The summed E-state index contributed by atoms with van der Waals surface area (Å²) in [5.74, 6) is 0.408. The van der Waals surface area contributed by atoms with Gasteiger partial charge in [-0.05, 0) is 44.6 Å². The molecule has 0 aromatic carbocycles. The van der Waals surface area contributed by atoms with Crippen LogP contribution < -0.4 is 0 Å². The maximum atomic E-state index is 11.9. The number of hydrogen-bond donors (Lipinski definition) is 1. The van der Waals surface area contributed by atoms with Crippen LogP contribution in [0.5, 0.6) is 0 Å². The molecule has 3 fully saturated rings. The molecule has 0 aliphatic carbocycles. The molecule has 0 bridgehead atoms. The Hall–Kier alpha value is -0.940. The Balaban J connectivity index is 1.66.